The Hall–Kier alpha value is -2.38. The van der Waals surface area contributed by atoms with Crippen molar-refractivity contribution in [2.75, 3.05) is 6.54 Å². The van der Waals surface area contributed by atoms with Crippen molar-refractivity contribution in [3.63, 3.8) is 0 Å². The van der Waals surface area contributed by atoms with Crippen molar-refractivity contribution in [2.24, 2.45) is 5.41 Å². The molecule has 4 nitrogen and oxygen atoms in total. The molecular formula is C19H20N2O2. The van der Waals surface area contributed by atoms with Gasteiger partial charge in [-0.1, -0.05) is 49.2 Å². The molecule has 0 bridgehead atoms. The van der Waals surface area contributed by atoms with Gasteiger partial charge in [-0.15, -0.1) is 0 Å². The van der Waals surface area contributed by atoms with Gasteiger partial charge in [0.25, 0.3) is 0 Å². The van der Waals surface area contributed by atoms with E-state index in [9.17, 15) is 15.2 Å². The fourth-order valence-electron chi connectivity index (χ4n) is 3.26. The van der Waals surface area contributed by atoms with Crippen LogP contribution in [0.1, 0.15) is 37.4 Å². The fraction of sp³-hybridized carbons (Fsp3) is 0.368. The Morgan fingerprint density at radius 2 is 1.91 bits per heavy atom. The Bertz CT molecular complexity index is 757. The van der Waals surface area contributed by atoms with E-state index in [1.165, 1.54) is 0 Å². The molecule has 0 spiro atoms. The van der Waals surface area contributed by atoms with Crippen molar-refractivity contribution >= 4 is 16.7 Å². The number of nitriles is 1. The maximum atomic E-state index is 12.3. The Labute approximate surface area is 135 Å². The number of benzene rings is 2. The van der Waals surface area contributed by atoms with Gasteiger partial charge in [-0.25, -0.2) is 0 Å². The Kier molecular flexibility index (Phi) is 4.31. The van der Waals surface area contributed by atoms with Crippen molar-refractivity contribution in [3.8, 4) is 6.07 Å². The summed E-state index contributed by atoms with van der Waals surface area (Å²) in [6, 6.07) is 15.9. The van der Waals surface area contributed by atoms with E-state index in [0.717, 1.165) is 29.2 Å². The van der Waals surface area contributed by atoms with Crippen LogP contribution in [-0.4, -0.2) is 17.6 Å². The quantitative estimate of drug-likeness (QED) is 0.911. The number of fused-ring (bicyclic) bond motifs is 1. The van der Waals surface area contributed by atoms with Crippen molar-refractivity contribution in [2.45, 2.75) is 31.8 Å². The first-order valence-electron chi connectivity index (χ1n) is 8.01. The van der Waals surface area contributed by atoms with Crippen molar-refractivity contribution in [3.05, 3.63) is 48.0 Å². The van der Waals surface area contributed by atoms with Gasteiger partial charge in [0.05, 0.1) is 12.2 Å². The molecule has 1 unspecified atom stereocenters. The van der Waals surface area contributed by atoms with E-state index in [4.69, 9.17) is 0 Å². The number of nitrogens with zero attached hydrogens (tertiary/aromatic N) is 1. The molecule has 1 atom stereocenters. The van der Waals surface area contributed by atoms with Crippen LogP contribution in [-0.2, 0) is 4.79 Å². The normalized spacial score (nSPS) is 17.6. The zero-order valence-electron chi connectivity index (χ0n) is 13.0. The Morgan fingerprint density at radius 3 is 2.61 bits per heavy atom. The SMILES string of the molecule is N#CC1(C(=O)NCC(O)c2ccc3ccccc3c2)CCCC1. The predicted octanol–water partition coefficient (Wildman–Crippen LogP) is 3.07. The minimum Gasteiger partial charge on any atom is -0.387 e. The van der Waals surface area contributed by atoms with Crippen LogP contribution in [0.3, 0.4) is 0 Å². The summed E-state index contributed by atoms with van der Waals surface area (Å²) in [6.07, 6.45) is 2.27. The summed E-state index contributed by atoms with van der Waals surface area (Å²) in [5.41, 5.74) is -0.134. The average molecular weight is 308 g/mol. The minimum atomic E-state index is -0.900. The van der Waals surface area contributed by atoms with Gasteiger partial charge in [0.2, 0.25) is 5.91 Å². The van der Waals surface area contributed by atoms with Gasteiger partial charge >= 0.3 is 0 Å². The Balaban J connectivity index is 1.67. The number of rotatable bonds is 4. The van der Waals surface area contributed by atoms with E-state index in [2.05, 4.69) is 11.4 Å². The summed E-state index contributed by atoms with van der Waals surface area (Å²) < 4.78 is 0. The molecule has 1 aliphatic rings. The lowest BCUT2D eigenvalue weighted by Crippen LogP contribution is -2.40. The highest BCUT2D eigenvalue weighted by Gasteiger charge is 2.41. The van der Waals surface area contributed by atoms with Gasteiger partial charge in [-0.3, -0.25) is 4.79 Å². The number of aliphatic hydroxyl groups is 1. The summed E-state index contributed by atoms with van der Waals surface area (Å²) >= 11 is 0. The fourth-order valence-corrected chi connectivity index (χ4v) is 3.26. The zero-order valence-corrected chi connectivity index (χ0v) is 13.0. The summed E-state index contributed by atoms with van der Waals surface area (Å²) in [4.78, 5) is 12.3. The molecule has 0 saturated heterocycles. The molecule has 0 aromatic heterocycles. The minimum absolute atomic E-state index is 0.126. The maximum absolute atomic E-state index is 12.3. The molecule has 2 N–H and O–H groups in total. The molecule has 3 rings (SSSR count). The molecule has 4 heteroatoms. The summed E-state index contributed by atoms with van der Waals surface area (Å²) in [7, 11) is 0. The van der Waals surface area contributed by atoms with E-state index < -0.39 is 11.5 Å². The van der Waals surface area contributed by atoms with Gasteiger partial charge in [-0.05, 0) is 35.2 Å². The second-order valence-electron chi connectivity index (χ2n) is 6.23. The first kappa shape index (κ1) is 15.5. The first-order valence-corrected chi connectivity index (χ1v) is 8.01. The lowest BCUT2D eigenvalue weighted by Gasteiger charge is -2.21. The van der Waals surface area contributed by atoms with Gasteiger partial charge in [0, 0.05) is 6.54 Å². The van der Waals surface area contributed by atoms with Crippen LogP contribution < -0.4 is 5.32 Å². The maximum Gasteiger partial charge on any atom is 0.240 e. The Morgan fingerprint density at radius 1 is 1.22 bits per heavy atom. The van der Waals surface area contributed by atoms with Crippen molar-refractivity contribution in [1.29, 1.82) is 5.26 Å². The predicted molar refractivity (Wildman–Crippen MR) is 88.4 cm³/mol. The van der Waals surface area contributed by atoms with Gasteiger partial charge in [-0.2, -0.15) is 5.26 Å². The highest BCUT2D eigenvalue weighted by atomic mass is 16.3. The van der Waals surface area contributed by atoms with Crippen LogP contribution >= 0.6 is 0 Å². The van der Waals surface area contributed by atoms with E-state index in [-0.39, 0.29) is 12.5 Å². The highest BCUT2D eigenvalue weighted by molar-refractivity contribution is 5.86. The smallest absolute Gasteiger partial charge is 0.240 e. The summed E-state index contributed by atoms with van der Waals surface area (Å²) in [5.74, 6) is -0.252. The number of nitrogens with one attached hydrogen (secondary N) is 1. The zero-order chi connectivity index (χ0) is 16.3. The highest BCUT2D eigenvalue weighted by Crippen LogP contribution is 2.37. The van der Waals surface area contributed by atoms with E-state index in [1.54, 1.807) is 0 Å². The standard InChI is InChI=1S/C19H20N2O2/c20-13-19(9-3-4-10-19)18(23)21-12-17(22)16-8-7-14-5-1-2-6-15(14)11-16/h1-2,5-8,11,17,22H,3-4,9-10,12H2,(H,21,23). The average Bonchev–Trinajstić information content (AvgIpc) is 3.09. The molecule has 23 heavy (non-hydrogen) atoms. The van der Waals surface area contributed by atoms with Gasteiger partial charge < -0.3 is 10.4 Å². The lowest BCUT2D eigenvalue weighted by molar-refractivity contribution is -0.128. The molecule has 2 aromatic carbocycles. The van der Waals surface area contributed by atoms with E-state index >= 15 is 0 Å². The second kappa shape index (κ2) is 6.39. The molecule has 2 aromatic rings. The number of hydrogen-bond acceptors (Lipinski definition) is 3. The molecule has 0 radical (unpaired) electrons. The van der Waals surface area contributed by atoms with Crippen LogP contribution in [0.15, 0.2) is 42.5 Å². The molecule has 1 amide bonds. The van der Waals surface area contributed by atoms with E-state index in [1.807, 2.05) is 42.5 Å². The van der Waals surface area contributed by atoms with Crippen LogP contribution in [0, 0.1) is 16.7 Å². The number of aliphatic hydroxyl groups excluding tert-OH is 1. The second-order valence-corrected chi connectivity index (χ2v) is 6.23. The topological polar surface area (TPSA) is 73.1 Å². The largest absolute Gasteiger partial charge is 0.387 e. The van der Waals surface area contributed by atoms with Crippen LogP contribution in [0.2, 0.25) is 0 Å². The third-order valence-electron chi connectivity index (χ3n) is 4.72. The van der Waals surface area contributed by atoms with Crippen LogP contribution in [0.25, 0.3) is 10.8 Å². The van der Waals surface area contributed by atoms with Crippen LogP contribution in [0.4, 0.5) is 0 Å². The molecular weight excluding hydrogens is 288 g/mol. The third kappa shape index (κ3) is 3.06. The molecule has 0 aliphatic heterocycles. The monoisotopic (exact) mass is 308 g/mol. The van der Waals surface area contributed by atoms with Crippen molar-refractivity contribution in [1.82, 2.24) is 5.32 Å². The molecule has 118 valence electrons. The van der Waals surface area contributed by atoms with Crippen LogP contribution in [0.5, 0.6) is 0 Å². The molecule has 1 saturated carbocycles. The van der Waals surface area contributed by atoms with E-state index in [0.29, 0.717) is 12.8 Å². The lowest BCUT2D eigenvalue weighted by atomic mass is 9.87. The van der Waals surface area contributed by atoms with Gasteiger partial charge in [0.1, 0.15) is 5.41 Å². The summed E-state index contributed by atoms with van der Waals surface area (Å²) in [5, 5.41) is 24.6. The molecule has 1 aliphatic carbocycles. The third-order valence-corrected chi connectivity index (χ3v) is 4.72. The van der Waals surface area contributed by atoms with Crippen molar-refractivity contribution < 1.29 is 9.90 Å². The number of carbonyl (C=O) groups excluding carboxylic acids is 1. The number of hydrogen-bond donors (Lipinski definition) is 2. The summed E-state index contributed by atoms with van der Waals surface area (Å²) in [6.45, 7) is 0.126. The van der Waals surface area contributed by atoms with Gasteiger partial charge in [0.15, 0.2) is 0 Å². The molecule has 1 fully saturated rings. The number of amides is 1. The first-order chi connectivity index (χ1) is 11.1. The number of carbonyl (C=O) groups is 1. The molecule has 0 heterocycles.